The van der Waals surface area contributed by atoms with Crippen LogP contribution >= 0.6 is 22.3 Å². The summed E-state index contributed by atoms with van der Waals surface area (Å²) in [5.74, 6) is 0. The molecule has 0 amide bonds. The van der Waals surface area contributed by atoms with Crippen molar-refractivity contribution in [2.45, 2.75) is 11.1 Å². The van der Waals surface area contributed by atoms with E-state index in [4.69, 9.17) is 27.5 Å². The molecule has 0 fully saturated rings. The lowest BCUT2D eigenvalue weighted by Gasteiger charge is -2.12. The molecular weight excluding hydrogens is 302 g/mol. The van der Waals surface area contributed by atoms with Crippen LogP contribution in [-0.2, 0) is 15.2 Å². The molecule has 1 rings (SSSR count). The Balaban J connectivity index is 3.84. The summed E-state index contributed by atoms with van der Waals surface area (Å²) in [6, 6.07) is 2.51. The molecule has 0 saturated heterocycles. The maximum absolute atomic E-state index is 12.6. The molecule has 0 aliphatic heterocycles. The van der Waals surface area contributed by atoms with Crippen molar-refractivity contribution in [3.63, 3.8) is 0 Å². The van der Waals surface area contributed by atoms with Crippen molar-refractivity contribution in [2.75, 3.05) is 0 Å². The summed E-state index contributed by atoms with van der Waals surface area (Å²) in [4.78, 5) is -1.28. The lowest BCUT2D eigenvalue weighted by atomic mass is 10.1. The molecule has 0 aliphatic rings. The van der Waals surface area contributed by atoms with Gasteiger partial charge in [-0.15, -0.1) is 0 Å². The normalized spacial score (nSPS) is 12.2. The van der Waals surface area contributed by atoms with Gasteiger partial charge in [0.05, 0.1) is 11.1 Å². The van der Waals surface area contributed by atoms with Crippen molar-refractivity contribution in [2.24, 2.45) is 0 Å². The van der Waals surface area contributed by atoms with Gasteiger partial charge in [0, 0.05) is 15.7 Å². The molecule has 0 saturated carbocycles. The van der Waals surface area contributed by atoms with Crippen LogP contribution in [0.4, 0.5) is 13.2 Å². The van der Waals surface area contributed by atoms with Crippen LogP contribution < -0.4 is 0 Å². The van der Waals surface area contributed by atoms with Gasteiger partial charge in [-0.2, -0.15) is 18.4 Å². The summed E-state index contributed by atoms with van der Waals surface area (Å²) in [5, 5.41) is 8.19. The van der Waals surface area contributed by atoms with Crippen LogP contribution in [0.2, 0.25) is 5.02 Å². The largest absolute Gasteiger partial charge is 0.417 e. The van der Waals surface area contributed by atoms with Crippen LogP contribution in [0.3, 0.4) is 0 Å². The molecule has 0 radical (unpaired) electrons. The average molecular weight is 304 g/mol. The van der Waals surface area contributed by atoms with Crippen LogP contribution in [0.5, 0.6) is 0 Å². The number of hydrogen-bond donors (Lipinski definition) is 0. The SMILES string of the molecule is N#Cc1cc(Cl)cc(C(F)(F)F)c1S(=O)(=O)Cl. The second kappa shape index (κ2) is 4.37. The Bertz CT molecular complexity index is 604. The van der Waals surface area contributed by atoms with Gasteiger partial charge in [0.2, 0.25) is 0 Å². The Morgan fingerprint density at radius 2 is 1.82 bits per heavy atom. The maximum Gasteiger partial charge on any atom is 0.417 e. The van der Waals surface area contributed by atoms with Gasteiger partial charge in [0.1, 0.15) is 11.0 Å². The Morgan fingerprint density at radius 1 is 1.29 bits per heavy atom. The zero-order valence-corrected chi connectivity index (χ0v) is 10.0. The fourth-order valence-electron chi connectivity index (χ4n) is 1.15. The summed E-state index contributed by atoms with van der Waals surface area (Å²) in [5.41, 5.74) is -2.31. The number of benzene rings is 1. The first-order valence-corrected chi connectivity index (χ1v) is 6.51. The summed E-state index contributed by atoms with van der Waals surface area (Å²) >= 11 is 5.37. The molecule has 0 atom stereocenters. The van der Waals surface area contributed by atoms with E-state index in [0.717, 1.165) is 6.07 Å². The van der Waals surface area contributed by atoms with E-state index in [-0.39, 0.29) is 0 Å². The molecule has 0 aromatic heterocycles. The summed E-state index contributed by atoms with van der Waals surface area (Å²) in [7, 11) is 0.179. The Hall–Kier alpha value is -0.970. The molecule has 1 aromatic carbocycles. The third kappa shape index (κ3) is 3.03. The molecule has 9 heteroatoms. The zero-order chi connectivity index (χ0) is 13.4. The Labute approximate surface area is 104 Å². The van der Waals surface area contributed by atoms with Gasteiger partial charge in [0.25, 0.3) is 9.05 Å². The fourth-order valence-corrected chi connectivity index (χ4v) is 2.67. The van der Waals surface area contributed by atoms with Crippen molar-refractivity contribution in [3.8, 4) is 6.07 Å². The predicted molar refractivity (Wildman–Crippen MR) is 54.2 cm³/mol. The van der Waals surface area contributed by atoms with E-state index in [0.29, 0.717) is 6.07 Å². The van der Waals surface area contributed by atoms with Crippen molar-refractivity contribution < 1.29 is 21.6 Å². The van der Waals surface area contributed by atoms with Crippen LogP contribution in [0, 0.1) is 11.3 Å². The van der Waals surface area contributed by atoms with E-state index >= 15 is 0 Å². The number of hydrogen-bond acceptors (Lipinski definition) is 3. The van der Waals surface area contributed by atoms with E-state index in [2.05, 4.69) is 0 Å². The molecule has 92 valence electrons. The van der Waals surface area contributed by atoms with Crippen LogP contribution in [0.1, 0.15) is 11.1 Å². The van der Waals surface area contributed by atoms with E-state index in [9.17, 15) is 21.6 Å². The number of nitrogens with zero attached hydrogens (tertiary/aromatic N) is 1. The van der Waals surface area contributed by atoms with Gasteiger partial charge < -0.3 is 0 Å². The van der Waals surface area contributed by atoms with Gasteiger partial charge in [0.15, 0.2) is 0 Å². The minimum absolute atomic E-state index is 0.400. The molecule has 0 N–H and O–H groups in total. The van der Waals surface area contributed by atoms with Gasteiger partial charge >= 0.3 is 6.18 Å². The minimum Gasteiger partial charge on any atom is -0.207 e. The second-order valence-corrected chi connectivity index (χ2v) is 5.82. The molecule has 0 unspecified atom stereocenters. The molecule has 0 aliphatic carbocycles. The lowest BCUT2D eigenvalue weighted by molar-refractivity contribution is -0.139. The fraction of sp³-hybridized carbons (Fsp3) is 0.125. The summed E-state index contributed by atoms with van der Waals surface area (Å²) in [6.07, 6.45) is -4.98. The van der Waals surface area contributed by atoms with Crippen LogP contribution in [0.15, 0.2) is 17.0 Å². The van der Waals surface area contributed by atoms with Crippen molar-refractivity contribution in [3.05, 3.63) is 28.3 Å². The first-order valence-electron chi connectivity index (χ1n) is 3.83. The average Bonchev–Trinajstić information content (AvgIpc) is 2.12. The van der Waals surface area contributed by atoms with Crippen LogP contribution in [-0.4, -0.2) is 8.42 Å². The standard InChI is InChI=1S/C8H2Cl2F3NO2S/c9-5-1-4(3-14)7(17(10,15)16)6(2-5)8(11,12)13/h1-2H. The van der Waals surface area contributed by atoms with E-state index < -0.39 is 36.3 Å². The molecule has 0 spiro atoms. The van der Waals surface area contributed by atoms with Gasteiger partial charge in [-0.05, 0) is 12.1 Å². The highest BCUT2D eigenvalue weighted by Gasteiger charge is 2.38. The van der Waals surface area contributed by atoms with Gasteiger partial charge in [-0.3, -0.25) is 0 Å². The second-order valence-electron chi connectivity index (χ2n) is 2.88. The van der Waals surface area contributed by atoms with E-state index in [1.165, 1.54) is 6.07 Å². The number of rotatable bonds is 1. The summed E-state index contributed by atoms with van der Waals surface area (Å²) in [6.45, 7) is 0. The van der Waals surface area contributed by atoms with E-state index in [1.54, 1.807) is 0 Å². The number of halogens is 5. The number of nitriles is 1. The Morgan fingerprint density at radius 3 is 2.18 bits per heavy atom. The third-order valence-corrected chi connectivity index (χ3v) is 3.33. The van der Waals surface area contributed by atoms with Crippen molar-refractivity contribution in [1.29, 1.82) is 5.26 Å². The first kappa shape index (κ1) is 14.1. The molecule has 3 nitrogen and oxygen atoms in total. The molecule has 1 aromatic rings. The molecule has 0 heterocycles. The smallest absolute Gasteiger partial charge is 0.207 e. The monoisotopic (exact) mass is 303 g/mol. The number of alkyl halides is 3. The van der Waals surface area contributed by atoms with Crippen molar-refractivity contribution >= 4 is 31.3 Å². The highest BCUT2D eigenvalue weighted by atomic mass is 35.7. The van der Waals surface area contributed by atoms with Gasteiger partial charge in [-0.1, -0.05) is 11.6 Å². The van der Waals surface area contributed by atoms with E-state index in [1.807, 2.05) is 0 Å². The zero-order valence-electron chi connectivity index (χ0n) is 7.72. The Kier molecular flexibility index (Phi) is 3.62. The highest BCUT2D eigenvalue weighted by Crippen LogP contribution is 2.38. The lowest BCUT2D eigenvalue weighted by Crippen LogP contribution is -2.12. The molecule has 17 heavy (non-hydrogen) atoms. The molecular formula is C8H2Cl2F3NO2S. The first-order chi connectivity index (χ1) is 7.57. The summed E-state index contributed by atoms with van der Waals surface area (Å²) < 4.78 is 59.9. The molecule has 0 bridgehead atoms. The maximum atomic E-state index is 12.6. The van der Waals surface area contributed by atoms with Crippen LogP contribution in [0.25, 0.3) is 0 Å². The third-order valence-electron chi connectivity index (χ3n) is 1.72. The minimum atomic E-state index is -4.98. The quantitative estimate of drug-likeness (QED) is 0.749. The van der Waals surface area contributed by atoms with Gasteiger partial charge in [-0.25, -0.2) is 8.42 Å². The predicted octanol–water partition coefficient (Wildman–Crippen LogP) is 3.16. The topological polar surface area (TPSA) is 57.9 Å². The highest BCUT2D eigenvalue weighted by molar-refractivity contribution is 8.13. The van der Waals surface area contributed by atoms with Crippen molar-refractivity contribution in [1.82, 2.24) is 0 Å².